The number of halogens is 1. The van der Waals surface area contributed by atoms with Crippen LogP contribution in [0.5, 0.6) is 0 Å². The molecule has 134 valence electrons. The van der Waals surface area contributed by atoms with Crippen LogP contribution in [0.25, 0.3) is 0 Å². The van der Waals surface area contributed by atoms with E-state index in [2.05, 4.69) is 5.48 Å². The second kappa shape index (κ2) is 6.99. The molecule has 0 bridgehead atoms. The van der Waals surface area contributed by atoms with Gasteiger partial charge >= 0.3 is 0 Å². The van der Waals surface area contributed by atoms with Crippen LogP contribution in [0.2, 0.25) is 0 Å². The fourth-order valence-electron chi connectivity index (χ4n) is 3.16. The molecule has 0 fully saturated rings. The average Bonchev–Trinajstić information content (AvgIpc) is 3.13. The fraction of sp³-hybridized carbons (Fsp3) is 0.150. The number of ketones is 2. The number of hydroxylamine groups is 1. The topological polar surface area (TPSA) is 79.2 Å². The second-order valence-corrected chi connectivity index (χ2v) is 7.15. The molecule has 0 aliphatic carbocycles. The lowest BCUT2D eigenvalue weighted by atomic mass is 9.91. The van der Waals surface area contributed by atoms with E-state index in [1.165, 1.54) is 23.9 Å². The summed E-state index contributed by atoms with van der Waals surface area (Å²) in [7, 11) is 0. The van der Waals surface area contributed by atoms with Gasteiger partial charge in [0, 0.05) is 21.8 Å². The number of benzene rings is 2. The highest BCUT2D eigenvalue weighted by Gasteiger charge is 2.41. The van der Waals surface area contributed by atoms with Gasteiger partial charge in [-0.05, 0) is 23.8 Å². The Morgan fingerprint density at radius 2 is 2.00 bits per heavy atom. The van der Waals surface area contributed by atoms with Crippen molar-refractivity contribution in [1.82, 2.24) is 5.48 Å². The van der Waals surface area contributed by atoms with Gasteiger partial charge in [-0.15, -0.1) is 17.2 Å². The van der Waals surface area contributed by atoms with Crippen molar-refractivity contribution in [1.29, 1.82) is 5.26 Å². The summed E-state index contributed by atoms with van der Waals surface area (Å²) >= 11 is 1.45. The fourth-order valence-corrected chi connectivity index (χ4v) is 4.28. The van der Waals surface area contributed by atoms with E-state index in [0.29, 0.717) is 16.9 Å². The smallest absolute Gasteiger partial charge is 0.225 e. The lowest BCUT2D eigenvalue weighted by Gasteiger charge is -2.22. The van der Waals surface area contributed by atoms with Gasteiger partial charge in [-0.2, -0.15) is 5.26 Å². The Morgan fingerprint density at radius 3 is 2.74 bits per heavy atom. The maximum Gasteiger partial charge on any atom is 0.225 e. The summed E-state index contributed by atoms with van der Waals surface area (Å²) in [5, 5.41) is 9.43. The predicted molar refractivity (Wildman–Crippen MR) is 96.0 cm³/mol. The van der Waals surface area contributed by atoms with Gasteiger partial charge in [-0.25, -0.2) is 4.39 Å². The van der Waals surface area contributed by atoms with Crippen molar-refractivity contribution in [2.24, 2.45) is 5.92 Å². The van der Waals surface area contributed by atoms with Gasteiger partial charge in [0.2, 0.25) is 5.78 Å². The first-order valence-electron chi connectivity index (χ1n) is 8.21. The average molecular weight is 380 g/mol. The van der Waals surface area contributed by atoms with Crippen molar-refractivity contribution in [3.05, 3.63) is 76.8 Å². The number of hydrogen-bond acceptors (Lipinski definition) is 6. The Labute approximate surface area is 158 Å². The molecule has 2 unspecified atom stereocenters. The van der Waals surface area contributed by atoms with Gasteiger partial charge in [0.1, 0.15) is 5.82 Å². The van der Waals surface area contributed by atoms with E-state index in [-0.39, 0.29) is 17.1 Å². The zero-order valence-electron chi connectivity index (χ0n) is 13.9. The molecule has 4 rings (SSSR count). The van der Waals surface area contributed by atoms with Crippen LogP contribution in [0.15, 0.2) is 64.8 Å². The molecule has 7 heteroatoms. The molecule has 0 radical (unpaired) electrons. The number of allylic oxidation sites excluding steroid dienone is 1. The standard InChI is InChI=1S/C20H13FN2O3S/c21-12-6-7-16-13(8-12)17-15(10-27-16)20(26-23-17)19(25)14(9-22)18(24)11-4-2-1-3-5-11/h1-8,14,17,23H,10H2. The molecular weight excluding hydrogens is 367 g/mol. The summed E-state index contributed by atoms with van der Waals surface area (Å²) < 4.78 is 13.6. The SMILES string of the molecule is N#CC(C(=O)C1=C2CSc3ccc(F)cc3C2NO1)C(=O)c1ccccc1. The Bertz CT molecular complexity index is 1010. The van der Waals surface area contributed by atoms with Gasteiger partial charge < -0.3 is 4.84 Å². The Hall–Kier alpha value is -2.95. The molecule has 2 aliphatic heterocycles. The summed E-state index contributed by atoms with van der Waals surface area (Å²) in [4.78, 5) is 31.7. The van der Waals surface area contributed by atoms with Crippen LogP contribution in [0.4, 0.5) is 4.39 Å². The lowest BCUT2D eigenvalue weighted by molar-refractivity contribution is -0.120. The molecule has 2 aromatic carbocycles. The van der Waals surface area contributed by atoms with Crippen LogP contribution in [0, 0.1) is 23.1 Å². The van der Waals surface area contributed by atoms with Crippen LogP contribution in [-0.2, 0) is 9.63 Å². The summed E-state index contributed by atoms with van der Waals surface area (Å²) in [6.07, 6.45) is 0. The van der Waals surface area contributed by atoms with Gasteiger partial charge in [-0.1, -0.05) is 30.3 Å². The molecule has 0 saturated heterocycles. The second-order valence-electron chi connectivity index (χ2n) is 6.13. The lowest BCUT2D eigenvalue weighted by Crippen LogP contribution is -2.25. The third kappa shape index (κ3) is 3.03. The Morgan fingerprint density at radius 1 is 1.22 bits per heavy atom. The number of carbonyl (C=O) groups is 2. The van der Waals surface area contributed by atoms with Crippen molar-refractivity contribution in [2.45, 2.75) is 10.9 Å². The summed E-state index contributed by atoms with van der Waals surface area (Å²) in [6, 6.07) is 14.0. The van der Waals surface area contributed by atoms with Crippen LogP contribution >= 0.6 is 11.8 Å². The largest absolute Gasteiger partial charge is 0.404 e. The number of Topliss-reactive ketones (excluding diaryl/α,β-unsaturated/α-hetero) is 2. The first kappa shape index (κ1) is 17.5. The molecule has 5 nitrogen and oxygen atoms in total. The van der Waals surface area contributed by atoms with Crippen molar-refractivity contribution in [3.8, 4) is 6.07 Å². The van der Waals surface area contributed by atoms with E-state index in [9.17, 15) is 19.2 Å². The summed E-state index contributed by atoms with van der Waals surface area (Å²) in [5.74, 6) is -2.71. The molecule has 0 saturated carbocycles. The molecule has 2 aromatic rings. The molecule has 0 spiro atoms. The predicted octanol–water partition coefficient (Wildman–Crippen LogP) is 3.35. The van der Waals surface area contributed by atoms with Crippen molar-refractivity contribution < 1.29 is 18.8 Å². The van der Waals surface area contributed by atoms with Crippen molar-refractivity contribution in [3.63, 3.8) is 0 Å². The molecule has 2 heterocycles. The number of rotatable bonds is 4. The van der Waals surface area contributed by atoms with Gasteiger partial charge in [0.15, 0.2) is 17.5 Å². The van der Waals surface area contributed by atoms with E-state index in [1.54, 1.807) is 42.5 Å². The number of nitrogens with zero attached hydrogens (tertiary/aromatic N) is 1. The van der Waals surface area contributed by atoms with Gasteiger partial charge in [0.25, 0.3) is 0 Å². The van der Waals surface area contributed by atoms with Crippen LogP contribution < -0.4 is 5.48 Å². The minimum absolute atomic E-state index is 0.0294. The first-order valence-corrected chi connectivity index (χ1v) is 9.19. The van der Waals surface area contributed by atoms with E-state index in [0.717, 1.165) is 4.90 Å². The number of nitrogens with one attached hydrogen (secondary N) is 1. The van der Waals surface area contributed by atoms with Crippen molar-refractivity contribution in [2.75, 3.05) is 5.75 Å². The van der Waals surface area contributed by atoms with Crippen molar-refractivity contribution >= 4 is 23.3 Å². The van der Waals surface area contributed by atoms with Crippen LogP contribution in [0.1, 0.15) is 22.0 Å². The van der Waals surface area contributed by atoms with E-state index in [4.69, 9.17) is 4.84 Å². The third-order valence-electron chi connectivity index (χ3n) is 4.52. The summed E-state index contributed by atoms with van der Waals surface area (Å²) in [6.45, 7) is 0. The zero-order valence-corrected chi connectivity index (χ0v) is 14.8. The highest BCUT2D eigenvalue weighted by Crippen LogP contribution is 2.44. The molecule has 27 heavy (non-hydrogen) atoms. The molecule has 1 N–H and O–H groups in total. The monoisotopic (exact) mass is 380 g/mol. The van der Waals surface area contributed by atoms with E-state index in [1.807, 2.05) is 0 Å². The summed E-state index contributed by atoms with van der Waals surface area (Å²) in [5.41, 5.74) is 4.31. The minimum Gasteiger partial charge on any atom is -0.404 e. The highest BCUT2D eigenvalue weighted by molar-refractivity contribution is 7.99. The first-order chi connectivity index (χ1) is 13.1. The van der Waals surface area contributed by atoms with Gasteiger partial charge in [0.05, 0.1) is 12.1 Å². The zero-order chi connectivity index (χ0) is 19.0. The van der Waals surface area contributed by atoms with Crippen LogP contribution in [0.3, 0.4) is 0 Å². The van der Waals surface area contributed by atoms with Gasteiger partial charge in [-0.3, -0.25) is 9.59 Å². The quantitative estimate of drug-likeness (QED) is 0.647. The molecule has 2 aliphatic rings. The number of thioether (sulfide) groups is 1. The highest BCUT2D eigenvalue weighted by atomic mass is 32.2. The Kier molecular flexibility index (Phi) is 4.52. The number of fused-ring (bicyclic) bond motifs is 3. The number of hydrogen-bond donors (Lipinski definition) is 1. The Balaban J connectivity index is 1.67. The molecule has 0 aromatic heterocycles. The maximum absolute atomic E-state index is 13.6. The van der Waals surface area contributed by atoms with E-state index < -0.39 is 23.5 Å². The van der Waals surface area contributed by atoms with Crippen LogP contribution in [-0.4, -0.2) is 17.3 Å². The normalized spacial score (nSPS) is 18.7. The third-order valence-corrected chi connectivity index (χ3v) is 5.66. The molecule has 0 amide bonds. The molecular formula is C20H13FN2O3S. The number of carbonyl (C=O) groups excluding carboxylic acids is 2. The maximum atomic E-state index is 13.6. The molecule has 2 atom stereocenters. The van der Waals surface area contributed by atoms with E-state index >= 15 is 0 Å². The minimum atomic E-state index is -1.49. The number of nitriles is 1.